The third kappa shape index (κ3) is 2.00. The molecule has 1 fully saturated rings. The van der Waals surface area contributed by atoms with E-state index in [-0.39, 0.29) is 0 Å². The molecule has 1 aliphatic rings. The van der Waals surface area contributed by atoms with Crippen molar-refractivity contribution in [1.82, 2.24) is 9.55 Å². The molecule has 84 valence electrons. The number of aromatic nitrogens is 2. The second kappa shape index (κ2) is 4.23. The van der Waals surface area contributed by atoms with E-state index in [4.69, 9.17) is 5.73 Å². The van der Waals surface area contributed by atoms with E-state index in [0.717, 1.165) is 38.4 Å². The highest BCUT2D eigenvalue weighted by atomic mass is 15.3. The number of anilines is 1. The third-order valence-corrected chi connectivity index (χ3v) is 3.02. The summed E-state index contributed by atoms with van der Waals surface area (Å²) in [6, 6.07) is 0.317. The van der Waals surface area contributed by atoms with Gasteiger partial charge in [0.2, 0.25) is 5.95 Å². The summed E-state index contributed by atoms with van der Waals surface area (Å²) < 4.78 is 2.22. The molecule has 0 saturated carbocycles. The number of hydrogen-bond donors (Lipinski definition) is 1. The molecule has 0 aliphatic carbocycles. The van der Waals surface area contributed by atoms with Gasteiger partial charge in [0.15, 0.2) is 0 Å². The monoisotopic (exact) mass is 208 g/mol. The van der Waals surface area contributed by atoms with Crippen molar-refractivity contribution < 1.29 is 0 Å². The molecule has 4 heteroatoms. The van der Waals surface area contributed by atoms with Gasteiger partial charge >= 0.3 is 0 Å². The molecule has 2 N–H and O–H groups in total. The lowest BCUT2D eigenvalue weighted by atomic mass is 10.3. The predicted molar refractivity (Wildman–Crippen MR) is 62.1 cm³/mol. The Kier molecular flexibility index (Phi) is 2.95. The first-order chi connectivity index (χ1) is 7.24. The Hall–Kier alpha value is -1.03. The smallest absolute Gasteiger partial charge is 0.205 e. The molecule has 0 bridgehead atoms. The van der Waals surface area contributed by atoms with Crippen molar-refractivity contribution in [3.05, 3.63) is 11.9 Å². The van der Waals surface area contributed by atoms with Crippen molar-refractivity contribution in [3.8, 4) is 0 Å². The highest BCUT2D eigenvalue weighted by Crippen LogP contribution is 2.19. The molecule has 1 aromatic heterocycles. The summed E-state index contributed by atoms with van der Waals surface area (Å²) in [7, 11) is 0. The van der Waals surface area contributed by atoms with Crippen LogP contribution in [0.3, 0.4) is 0 Å². The van der Waals surface area contributed by atoms with Crippen LogP contribution in [-0.4, -0.2) is 28.7 Å². The van der Waals surface area contributed by atoms with Crippen LogP contribution in [0.1, 0.15) is 26.0 Å². The molecule has 1 unspecified atom stereocenters. The highest BCUT2D eigenvalue weighted by Gasteiger charge is 2.22. The lowest BCUT2D eigenvalue weighted by Gasteiger charge is -2.17. The van der Waals surface area contributed by atoms with E-state index in [2.05, 4.69) is 34.5 Å². The molecular weight excluding hydrogens is 188 g/mol. The first-order valence-corrected chi connectivity index (χ1v) is 5.81. The minimum atomic E-state index is 0.317. The molecule has 4 nitrogen and oxygen atoms in total. The maximum absolute atomic E-state index is 5.91. The van der Waals surface area contributed by atoms with Crippen LogP contribution in [-0.2, 0) is 13.0 Å². The standard InChI is InChI=1S/C11H20N4/c1-3-10-8-14(4-2)11(13-10)15-6-5-9(12)7-15/h8-9H,3-7,12H2,1-2H3. The summed E-state index contributed by atoms with van der Waals surface area (Å²) in [5.41, 5.74) is 7.09. The summed E-state index contributed by atoms with van der Waals surface area (Å²) in [6.07, 6.45) is 4.23. The van der Waals surface area contributed by atoms with Crippen LogP contribution in [0.5, 0.6) is 0 Å². The van der Waals surface area contributed by atoms with E-state index < -0.39 is 0 Å². The molecule has 2 rings (SSSR count). The molecule has 1 aromatic rings. The normalized spacial score (nSPS) is 21.3. The minimum Gasteiger partial charge on any atom is -0.341 e. The van der Waals surface area contributed by atoms with Crippen molar-refractivity contribution in [2.24, 2.45) is 5.73 Å². The largest absolute Gasteiger partial charge is 0.341 e. The van der Waals surface area contributed by atoms with Gasteiger partial charge in [0.25, 0.3) is 0 Å². The number of hydrogen-bond acceptors (Lipinski definition) is 3. The van der Waals surface area contributed by atoms with Crippen molar-refractivity contribution in [2.75, 3.05) is 18.0 Å². The number of imidazole rings is 1. The third-order valence-electron chi connectivity index (χ3n) is 3.02. The number of aryl methyl sites for hydroxylation is 2. The van der Waals surface area contributed by atoms with Gasteiger partial charge in [-0.3, -0.25) is 0 Å². The summed E-state index contributed by atoms with van der Waals surface area (Å²) in [4.78, 5) is 6.95. The van der Waals surface area contributed by atoms with Crippen molar-refractivity contribution in [3.63, 3.8) is 0 Å². The van der Waals surface area contributed by atoms with Gasteiger partial charge in [-0.1, -0.05) is 6.92 Å². The van der Waals surface area contributed by atoms with Crippen molar-refractivity contribution in [1.29, 1.82) is 0 Å². The minimum absolute atomic E-state index is 0.317. The molecule has 2 heterocycles. The van der Waals surface area contributed by atoms with Crippen LogP contribution in [0.25, 0.3) is 0 Å². The van der Waals surface area contributed by atoms with Crippen molar-refractivity contribution >= 4 is 5.95 Å². The first kappa shape index (κ1) is 10.5. The molecule has 15 heavy (non-hydrogen) atoms. The Labute approximate surface area is 91.1 Å². The Morgan fingerprint density at radius 3 is 2.87 bits per heavy atom. The van der Waals surface area contributed by atoms with Crippen LogP contribution in [0.2, 0.25) is 0 Å². The second-order valence-corrected chi connectivity index (χ2v) is 4.17. The molecule has 1 saturated heterocycles. The topological polar surface area (TPSA) is 47.1 Å². The fourth-order valence-electron chi connectivity index (χ4n) is 2.08. The summed E-state index contributed by atoms with van der Waals surface area (Å²) in [5, 5.41) is 0. The van der Waals surface area contributed by atoms with Crippen LogP contribution >= 0.6 is 0 Å². The molecule has 1 aliphatic heterocycles. The Balaban J connectivity index is 2.22. The Morgan fingerprint density at radius 1 is 1.53 bits per heavy atom. The maximum atomic E-state index is 5.91. The average Bonchev–Trinajstić information content (AvgIpc) is 2.82. The number of rotatable bonds is 3. The summed E-state index contributed by atoms with van der Waals surface area (Å²) >= 11 is 0. The average molecular weight is 208 g/mol. The zero-order valence-corrected chi connectivity index (χ0v) is 9.61. The van der Waals surface area contributed by atoms with Gasteiger partial charge in [-0.25, -0.2) is 4.98 Å². The van der Waals surface area contributed by atoms with Gasteiger partial charge < -0.3 is 15.2 Å². The lowest BCUT2D eigenvalue weighted by molar-refractivity contribution is 0.720. The maximum Gasteiger partial charge on any atom is 0.205 e. The van der Waals surface area contributed by atoms with E-state index in [1.165, 1.54) is 5.69 Å². The lowest BCUT2D eigenvalue weighted by Crippen LogP contribution is -2.28. The molecule has 1 atom stereocenters. The highest BCUT2D eigenvalue weighted by molar-refractivity contribution is 5.35. The molecule has 0 radical (unpaired) electrons. The quantitative estimate of drug-likeness (QED) is 0.806. The van der Waals surface area contributed by atoms with Gasteiger partial charge in [-0.05, 0) is 19.8 Å². The van der Waals surface area contributed by atoms with Crippen molar-refractivity contribution in [2.45, 2.75) is 39.3 Å². The Morgan fingerprint density at radius 2 is 2.33 bits per heavy atom. The van der Waals surface area contributed by atoms with Gasteiger partial charge in [-0.2, -0.15) is 0 Å². The second-order valence-electron chi connectivity index (χ2n) is 4.17. The molecule has 0 amide bonds. The van der Waals surface area contributed by atoms with Crippen LogP contribution in [0, 0.1) is 0 Å². The molecule has 0 spiro atoms. The fraction of sp³-hybridized carbons (Fsp3) is 0.727. The van der Waals surface area contributed by atoms with Gasteiger partial charge in [0.05, 0.1) is 5.69 Å². The van der Waals surface area contributed by atoms with E-state index in [9.17, 15) is 0 Å². The van der Waals surface area contributed by atoms with Gasteiger partial charge in [0, 0.05) is 31.9 Å². The van der Waals surface area contributed by atoms with Gasteiger partial charge in [0.1, 0.15) is 0 Å². The zero-order chi connectivity index (χ0) is 10.8. The zero-order valence-electron chi connectivity index (χ0n) is 9.61. The van der Waals surface area contributed by atoms with E-state index in [0.29, 0.717) is 6.04 Å². The number of nitrogens with zero attached hydrogens (tertiary/aromatic N) is 3. The first-order valence-electron chi connectivity index (χ1n) is 5.81. The number of nitrogens with two attached hydrogens (primary N) is 1. The van der Waals surface area contributed by atoms with Crippen LogP contribution < -0.4 is 10.6 Å². The Bertz CT molecular complexity index is 331. The van der Waals surface area contributed by atoms with E-state index in [1.54, 1.807) is 0 Å². The fourth-order valence-corrected chi connectivity index (χ4v) is 2.08. The van der Waals surface area contributed by atoms with E-state index in [1.807, 2.05) is 0 Å². The molecular formula is C11H20N4. The SMILES string of the molecule is CCc1cn(CC)c(N2CCC(N)C2)n1. The summed E-state index contributed by atoms with van der Waals surface area (Å²) in [5.74, 6) is 1.10. The predicted octanol–water partition coefficient (Wildman–Crippen LogP) is 1.00. The van der Waals surface area contributed by atoms with E-state index >= 15 is 0 Å². The van der Waals surface area contributed by atoms with Crippen LogP contribution in [0.4, 0.5) is 5.95 Å². The summed E-state index contributed by atoms with van der Waals surface area (Å²) in [6.45, 7) is 7.26. The van der Waals surface area contributed by atoms with Gasteiger partial charge in [-0.15, -0.1) is 0 Å². The molecule has 0 aromatic carbocycles. The van der Waals surface area contributed by atoms with Crippen LogP contribution in [0.15, 0.2) is 6.20 Å².